The zero-order valence-electron chi connectivity index (χ0n) is 12.4. The van der Waals surface area contributed by atoms with Gasteiger partial charge >= 0.3 is 0 Å². The van der Waals surface area contributed by atoms with Gasteiger partial charge in [0.25, 0.3) is 5.91 Å². The molecule has 0 spiro atoms. The first-order valence-electron chi connectivity index (χ1n) is 7.16. The summed E-state index contributed by atoms with van der Waals surface area (Å²) in [5.74, 6) is 0.453. The lowest BCUT2D eigenvalue weighted by molar-refractivity contribution is 0.0950. The Labute approximate surface area is 124 Å². The van der Waals surface area contributed by atoms with Crippen LogP contribution in [-0.2, 0) is 13.0 Å². The maximum Gasteiger partial charge on any atom is 0.271 e. The highest BCUT2D eigenvalue weighted by molar-refractivity contribution is 5.92. The van der Waals surface area contributed by atoms with Gasteiger partial charge in [0.15, 0.2) is 5.69 Å². The third kappa shape index (κ3) is 4.27. The number of carbonyl (C=O) groups excluding carboxylic acids is 1. The van der Waals surface area contributed by atoms with E-state index in [1.54, 1.807) is 12.1 Å². The second-order valence-electron chi connectivity index (χ2n) is 4.69. The number of hydrogen-bond acceptors (Lipinski definition) is 4. The molecule has 2 aromatic rings. The molecule has 0 atom stereocenters. The molecule has 0 aliphatic heterocycles. The molecule has 0 saturated heterocycles. The third-order valence-electron chi connectivity index (χ3n) is 3.14. The molecule has 5 nitrogen and oxygen atoms in total. The van der Waals surface area contributed by atoms with Crippen molar-refractivity contribution in [1.29, 1.82) is 0 Å². The normalized spacial score (nSPS) is 10.2. The maximum absolute atomic E-state index is 11.6. The predicted molar refractivity (Wildman–Crippen MR) is 83.2 cm³/mol. The molecule has 2 rings (SSSR count). The topological polar surface area (TPSA) is 66.9 Å². The first kappa shape index (κ1) is 15.0. The predicted octanol–water partition coefficient (Wildman–Crippen LogP) is 2.40. The lowest BCUT2D eigenvalue weighted by Crippen LogP contribution is -2.24. The number of amides is 1. The summed E-state index contributed by atoms with van der Waals surface area (Å²) < 4.78 is 0. The highest BCUT2D eigenvalue weighted by atomic mass is 16.1. The molecule has 1 aromatic heterocycles. The van der Waals surface area contributed by atoms with Crippen molar-refractivity contribution in [2.75, 3.05) is 11.9 Å². The molecule has 1 heterocycles. The van der Waals surface area contributed by atoms with Crippen LogP contribution in [0.5, 0.6) is 0 Å². The van der Waals surface area contributed by atoms with E-state index >= 15 is 0 Å². The number of aryl methyl sites for hydroxylation is 1. The van der Waals surface area contributed by atoms with Crippen molar-refractivity contribution in [3.8, 4) is 0 Å². The number of rotatable bonds is 6. The van der Waals surface area contributed by atoms with Crippen LogP contribution in [0, 0.1) is 0 Å². The zero-order valence-corrected chi connectivity index (χ0v) is 12.4. The van der Waals surface area contributed by atoms with E-state index in [9.17, 15) is 4.79 Å². The summed E-state index contributed by atoms with van der Waals surface area (Å²) in [5.41, 5.74) is 2.83. The number of nitrogens with zero attached hydrogens (tertiary/aromatic N) is 2. The fraction of sp³-hybridized carbons (Fsp3) is 0.312. The van der Waals surface area contributed by atoms with E-state index in [-0.39, 0.29) is 5.91 Å². The van der Waals surface area contributed by atoms with Crippen LogP contribution in [-0.4, -0.2) is 22.6 Å². The second-order valence-corrected chi connectivity index (χ2v) is 4.69. The number of anilines is 1. The van der Waals surface area contributed by atoms with Gasteiger partial charge in [0.1, 0.15) is 5.82 Å². The van der Waals surface area contributed by atoms with Crippen molar-refractivity contribution in [3.63, 3.8) is 0 Å². The Bertz CT molecular complexity index is 578. The lowest BCUT2D eigenvalue weighted by Gasteiger charge is -2.06. The number of benzene rings is 1. The Morgan fingerprint density at radius 3 is 2.29 bits per heavy atom. The van der Waals surface area contributed by atoms with Gasteiger partial charge in [0.2, 0.25) is 0 Å². The molecule has 21 heavy (non-hydrogen) atoms. The number of aromatic nitrogens is 2. The second kappa shape index (κ2) is 7.38. The Balaban J connectivity index is 1.92. The highest BCUT2D eigenvalue weighted by Crippen LogP contribution is 2.08. The van der Waals surface area contributed by atoms with Crippen molar-refractivity contribution in [2.45, 2.75) is 26.8 Å². The lowest BCUT2D eigenvalue weighted by atomic mass is 10.1. The van der Waals surface area contributed by atoms with Gasteiger partial charge in [-0.2, -0.15) is 0 Å². The van der Waals surface area contributed by atoms with E-state index in [4.69, 9.17) is 0 Å². The van der Waals surface area contributed by atoms with E-state index in [0.717, 1.165) is 6.42 Å². The third-order valence-corrected chi connectivity index (χ3v) is 3.14. The van der Waals surface area contributed by atoms with Gasteiger partial charge in [-0.05, 0) is 36.6 Å². The van der Waals surface area contributed by atoms with Gasteiger partial charge < -0.3 is 10.6 Å². The molecule has 0 bridgehead atoms. The van der Waals surface area contributed by atoms with Crippen LogP contribution in [0.1, 0.15) is 35.5 Å². The summed E-state index contributed by atoms with van der Waals surface area (Å²) in [6, 6.07) is 11.9. The minimum atomic E-state index is -0.202. The monoisotopic (exact) mass is 284 g/mol. The van der Waals surface area contributed by atoms with Crippen LogP contribution >= 0.6 is 0 Å². The number of hydrogen-bond donors (Lipinski definition) is 2. The standard InChI is InChI=1S/C16H20N4O/c1-3-12-5-7-13(8-6-12)11-18-15-10-9-14(19-20-15)16(21)17-4-2/h5-10H,3-4,11H2,1-2H3,(H,17,21)(H,18,20). The van der Waals surface area contributed by atoms with Crippen molar-refractivity contribution in [2.24, 2.45) is 0 Å². The summed E-state index contributed by atoms with van der Waals surface area (Å²) in [6.07, 6.45) is 1.04. The van der Waals surface area contributed by atoms with Gasteiger partial charge in [-0.15, -0.1) is 10.2 Å². The minimum Gasteiger partial charge on any atom is -0.365 e. The summed E-state index contributed by atoms with van der Waals surface area (Å²) in [7, 11) is 0. The Hall–Kier alpha value is -2.43. The Morgan fingerprint density at radius 1 is 1.00 bits per heavy atom. The SMILES string of the molecule is CCNC(=O)c1ccc(NCc2ccc(CC)cc2)nn1. The van der Waals surface area contributed by atoms with Gasteiger partial charge in [-0.25, -0.2) is 0 Å². The molecule has 1 amide bonds. The van der Waals surface area contributed by atoms with E-state index in [0.29, 0.717) is 24.6 Å². The first-order valence-corrected chi connectivity index (χ1v) is 7.16. The van der Waals surface area contributed by atoms with E-state index in [1.807, 2.05) is 6.92 Å². The van der Waals surface area contributed by atoms with Crippen LogP contribution < -0.4 is 10.6 Å². The summed E-state index contributed by atoms with van der Waals surface area (Å²) in [4.78, 5) is 11.6. The van der Waals surface area contributed by atoms with Crippen LogP contribution in [0.25, 0.3) is 0 Å². The van der Waals surface area contributed by atoms with E-state index in [1.165, 1.54) is 11.1 Å². The molecular formula is C16H20N4O. The van der Waals surface area contributed by atoms with Gasteiger partial charge in [0, 0.05) is 13.1 Å². The van der Waals surface area contributed by atoms with E-state index < -0.39 is 0 Å². The fourth-order valence-corrected chi connectivity index (χ4v) is 1.88. The Kier molecular flexibility index (Phi) is 5.26. The smallest absolute Gasteiger partial charge is 0.271 e. The molecule has 0 aliphatic rings. The molecule has 1 aromatic carbocycles. The van der Waals surface area contributed by atoms with Crippen molar-refractivity contribution >= 4 is 11.7 Å². The van der Waals surface area contributed by atoms with Crippen LogP contribution in [0.15, 0.2) is 36.4 Å². The molecular weight excluding hydrogens is 264 g/mol. The average Bonchev–Trinajstić information content (AvgIpc) is 2.54. The van der Waals surface area contributed by atoms with Crippen molar-refractivity contribution in [1.82, 2.24) is 15.5 Å². The molecule has 5 heteroatoms. The molecule has 0 unspecified atom stereocenters. The summed E-state index contributed by atoms with van der Waals surface area (Å²) >= 11 is 0. The summed E-state index contributed by atoms with van der Waals surface area (Å²) in [5, 5.41) is 13.8. The fourth-order valence-electron chi connectivity index (χ4n) is 1.88. The average molecular weight is 284 g/mol. The van der Waals surface area contributed by atoms with Crippen LogP contribution in [0.4, 0.5) is 5.82 Å². The van der Waals surface area contributed by atoms with Crippen LogP contribution in [0.3, 0.4) is 0 Å². The number of carbonyl (C=O) groups is 1. The van der Waals surface area contributed by atoms with Crippen LogP contribution in [0.2, 0.25) is 0 Å². The maximum atomic E-state index is 11.6. The molecule has 110 valence electrons. The molecule has 2 N–H and O–H groups in total. The van der Waals surface area contributed by atoms with E-state index in [2.05, 4.69) is 52.0 Å². The quantitative estimate of drug-likeness (QED) is 0.855. The molecule has 0 saturated carbocycles. The minimum absolute atomic E-state index is 0.202. The first-order chi connectivity index (χ1) is 10.2. The van der Waals surface area contributed by atoms with Gasteiger partial charge in [-0.1, -0.05) is 31.2 Å². The molecule has 0 radical (unpaired) electrons. The van der Waals surface area contributed by atoms with Gasteiger partial charge in [-0.3, -0.25) is 4.79 Å². The summed E-state index contributed by atoms with van der Waals surface area (Å²) in [6.45, 7) is 5.26. The van der Waals surface area contributed by atoms with Crippen molar-refractivity contribution < 1.29 is 4.79 Å². The van der Waals surface area contributed by atoms with Crippen molar-refractivity contribution in [3.05, 3.63) is 53.2 Å². The molecule has 0 aliphatic carbocycles. The number of nitrogens with one attached hydrogen (secondary N) is 2. The largest absolute Gasteiger partial charge is 0.365 e. The highest BCUT2D eigenvalue weighted by Gasteiger charge is 2.06. The molecule has 0 fully saturated rings. The zero-order chi connectivity index (χ0) is 15.1. The van der Waals surface area contributed by atoms with Gasteiger partial charge in [0.05, 0.1) is 0 Å². The Morgan fingerprint density at radius 2 is 1.71 bits per heavy atom.